The maximum absolute atomic E-state index is 10.6. The van der Waals surface area contributed by atoms with Gasteiger partial charge in [0.1, 0.15) is 6.04 Å². The van der Waals surface area contributed by atoms with Crippen LogP contribution in [-0.4, -0.2) is 32.4 Å². The van der Waals surface area contributed by atoms with E-state index in [1.165, 1.54) is 5.56 Å². The largest absolute Gasteiger partial charge is 0.480 e. The van der Waals surface area contributed by atoms with Gasteiger partial charge in [-0.25, -0.2) is 4.98 Å². The van der Waals surface area contributed by atoms with Crippen molar-refractivity contribution in [1.29, 1.82) is 0 Å². The van der Waals surface area contributed by atoms with E-state index >= 15 is 0 Å². The first-order valence-corrected chi connectivity index (χ1v) is 7.45. The van der Waals surface area contributed by atoms with Gasteiger partial charge in [0.2, 0.25) is 0 Å². The van der Waals surface area contributed by atoms with Crippen molar-refractivity contribution in [3.8, 4) is 5.69 Å². The van der Waals surface area contributed by atoms with Gasteiger partial charge in [-0.2, -0.15) is 11.8 Å². The topological polar surface area (TPSA) is 81.1 Å². The molecule has 2 aromatic rings. The Bertz CT molecular complexity index is 540. The van der Waals surface area contributed by atoms with E-state index in [4.69, 9.17) is 10.8 Å². The normalized spacial score (nSPS) is 12.2. The zero-order valence-electron chi connectivity index (χ0n) is 11.0. The first-order chi connectivity index (χ1) is 9.66. The van der Waals surface area contributed by atoms with Crippen LogP contribution in [0.1, 0.15) is 12.0 Å². The molecule has 0 fully saturated rings. The van der Waals surface area contributed by atoms with Crippen LogP contribution in [0.4, 0.5) is 0 Å². The summed E-state index contributed by atoms with van der Waals surface area (Å²) in [6.45, 7) is 0. The fourth-order valence-corrected chi connectivity index (χ4v) is 2.69. The Labute approximate surface area is 121 Å². The van der Waals surface area contributed by atoms with Crippen LogP contribution in [0.3, 0.4) is 0 Å². The predicted octanol–water partition coefficient (Wildman–Crippen LogP) is 1.91. The van der Waals surface area contributed by atoms with Gasteiger partial charge in [-0.1, -0.05) is 12.1 Å². The van der Waals surface area contributed by atoms with E-state index in [9.17, 15) is 4.79 Å². The van der Waals surface area contributed by atoms with Gasteiger partial charge in [0.15, 0.2) is 0 Å². The Hall–Kier alpha value is -1.79. The van der Waals surface area contributed by atoms with E-state index in [0.717, 1.165) is 17.2 Å². The Morgan fingerprint density at radius 3 is 2.75 bits per heavy atom. The van der Waals surface area contributed by atoms with Crippen LogP contribution >= 0.6 is 11.8 Å². The average Bonchev–Trinajstić information content (AvgIpc) is 2.98. The van der Waals surface area contributed by atoms with Crippen molar-refractivity contribution in [2.75, 3.05) is 5.75 Å². The van der Waals surface area contributed by atoms with Crippen LogP contribution in [0, 0.1) is 0 Å². The molecule has 0 saturated carbocycles. The summed E-state index contributed by atoms with van der Waals surface area (Å²) in [5.41, 5.74) is 7.73. The van der Waals surface area contributed by atoms with E-state index in [2.05, 4.69) is 17.1 Å². The molecule has 1 heterocycles. The Morgan fingerprint density at radius 1 is 1.40 bits per heavy atom. The fourth-order valence-electron chi connectivity index (χ4n) is 1.70. The average molecular weight is 291 g/mol. The summed E-state index contributed by atoms with van der Waals surface area (Å²) >= 11 is 1.69. The Morgan fingerprint density at radius 2 is 2.15 bits per heavy atom. The lowest BCUT2D eigenvalue weighted by Gasteiger charge is -2.07. The molecule has 2 rings (SSSR count). The zero-order chi connectivity index (χ0) is 14.4. The molecular weight excluding hydrogens is 274 g/mol. The molecule has 1 atom stereocenters. The van der Waals surface area contributed by atoms with Crippen molar-refractivity contribution in [2.45, 2.75) is 18.2 Å². The van der Waals surface area contributed by atoms with Crippen LogP contribution in [0.5, 0.6) is 0 Å². The third-order valence-electron chi connectivity index (χ3n) is 2.90. The van der Waals surface area contributed by atoms with Gasteiger partial charge < -0.3 is 15.4 Å². The van der Waals surface area contributed by atoms with E-state index < -0.39 is 12.0 Å². The number of benzene rings is 1. The molecular formula is C14H17N3O2S. The number of aliphatic carboxylic acids is 1. The first kappa shape index (κ1) is 14.6. The monoisotopic (exact) mass is 291 g/mol. The second-order valence-electron chi connectivity index (χ2n) is 4.42. The number of hydrogen-bond acceptors (Lipinski definition) is 4. The van der Waals surface area contributed by atoms with E-state index in [1.807, 2.05) is 22.9 Å². The number of hydrogen-bond donors (Lipinski definition) is 2. The minimum absolute atomic E-state index is 0.493. The second kappa shape index (κ2) is 7.12. The second-order valence-corrected chi connectivity index (χ2v) is 5.53. The van der Waals surface area contributed by atoms with Gasteiger partial charge in [0.05, 0.1) is 6.33 Å². The smallest absolute Gasteiger partial charge is 0.320 e. The molecule has 3 N–H and O–H groups in total. The molecule has 0 radical (unpaired) electrons. The number of nitrogens with two attached hydrogens (primary N) is 1. The van der Waals surface area contributed by atoms with E-state index in [-0.39, 0.29) is 0 Å². The highest BCUT2D eigenvalue weighted by atomic mass is 32.2. The molecule has 0 aliphatic carbocycles. The molecule has 0 saturated heterocycles. The lowest BCUT2D eigenvalue weighted by molar-refractivity contribution is -0.138. The quantitative estimate of drug-likeness (QED) is 0.762. The number of imidazole rings is 1. The molecule has 0 spiro atoms. The summed E-state index contributed by atoms with van der Waals surface area (Å²) in [7, 11) is 0. The van der Waals surface area contributed by atoms with Gasteiger partial charge >= 0.3 is 5.97 Å². The maximum Gasteiger partial charge on any atom is 0.320 e. The standard InChI is InChI=1S/C14H17N3O2S/c15-13(14(18)19)5-8-20-9-11-1-3-12(4-2-11)17-7-6-16-10-17/h1-4,6-7,10,13H,5,8-9,15H2,(H,18,19). The highest BCUT2D eigenvalue weighted by Crippen LogP contribution is 2.16. The Kier molecular flexibility index (Phi) is 5.20. The molecule has 0 bridgehead atoms. The number of nitrogens with zero attached hydrogens (tertiary/aromatic N) is 2. The van der Waals surface area contributed by atoms with Crippen LogP contribution in [0.25, 0.3) is 5.69 Å². The highest BCUT2D eigenvalue weighted by Gasteiger charge is 2.10. The molecule has 0 aliphatic rings. The number of aromatic nitrogens is 2. The summed E-state index contributed by atoms with van der Waals surface area (Å²) < 4.78 is 1.95. The summed E-state index contributed by atoms with van der Waals surface area (Å²) in [6.07, 6.45) is 5.90. The van der Waals surface area contributed by atoms with Gasteiger partial charge in [0, 0.05) is 23.8 Å². The lowest BCUT2D eigenvalue weighted by atomic mass is 10.2. The van der Waals surface area contributed by atoms with Crippen LogP contribution in [-0.2, 0) is 10.5 Å². The van der Waals surface area contributed by atoms with Crippen LogP contribution in [0.15, 0.2) is 43.0 Å². The van der Waals surface area contributed by atoms with Crippen molar-refractivity contribution in [2.24, 2.45) is 5.73 Å². The van der Waals surface area contributed by atoms with E-state index in [0.29, 0.717) is 6.42 Å². The predicted molar refractivity (Wildman–Crippen MR) is 80.0 cm³/mol. The molecule has 0 amide bonds. The zero-order valence-corrected chi connectivity index (χ0v) is 11.8. The third-order valence-corrected chi connectivity index (χ3v) is 3.96. The SMILES string of the molecule is NC(CCSCc1ccc(-n2ccnc2)cc1)C(=O)O. The van der Waals surface area contributed by atoms with Gasteiger partial charge in [-0.05, 0) is 29.9 Å². The summed E-state index contributed by atoms with van der Waals surface area (Å²) in [4.78, 5) is 14.6. The molecule has 5 nitrogen and oxygen atoms in total. The highest BCUT2D eigenvalue weighted by molar-refractivity contribution is 7.98. The number of thioether (sulfide) groups is 1. The number of carboxylic acids is 1. The number of carbonyl (C=O) groups is 1. The lowest BCUT2D eigenvalue weighted by Crippen LogP contribution is -2.30. The third kappa shape index (κ3) is 4.11. The van der Waals surface area contributed by atoms with Gasteiger partial charge in [0.25, 0.3) is 0 Å². The van der Waals surface area contributed by atoms with E-state index in [1.54, 1.807) is 24.3 Å². The molecule has 106 valence electrons. The molecule has 0 aliphatic heterocycles. The maximum atomic E-state index is 10.6. The fraction of sp³-hybridized carbons (Fsp3) is 0.286. The Balaban J connectivity index is 1.78. The van der Waals surface area contributed by atoms with Gasteiger partial charge in [-0.3, -0.25) is 4.79 Å². The molecule has 6 heteroatoms. The summed E-state index contributed by atoms with van der Waals surface area (Å²) in [5.74, 6) is 0.670. The van der Waals surface area contributed by atoms with Crippen molar-refractivity contribution < 1.29 is 9.90 Å². The van der Waals surface area contributed by atoms with Crippen LogP contribution in [0.2, 0.25) is 0 Å². The first-order valence-electron chi connectivity index (χ1n) is 6.30. The van der Waals surface area contributed by atoms with Crippen molar-refractivity contribution in [3.05, 3.63) is 48.5 Å². The minimum Gasteiger partial charge on any atom is -0.480 e. The minimum atomic E-state index is -0.935. The number of rotatable bonds is 7. The molecule has 1 unspecified atom stereocenters. The molecule has 1 aromatic heterocycles. The summed E-state index contributed by atoms with van der Waals surface area (Å²) in [6, 6.07) is 7.46. The van der Waals surface area contributed by atoms with Crippen molar-refractivity contribution in [3.63, 3.8) is 0 Å². The van der Waals surface area contributed by atoms with Crippen molar-refractivity contribution in [1.82, 2.24) is 9.55 Å². The van der Waals surface area contributed by atoms with Crippen LogP contribution < -0.4 is 5.73 Å². The molecule has 1 aromatic carbocycles. The van der Waals surface area contributed by atoms with Crippen molar-refractivity contribution >= 4 is 17.7 Å². The number of carboxylic acid groups (broad SMARTS) is 1. The summed E-state index contributed by atoms with van der Waals surface area (Å²) in [5, 5.41) is 8.68. The molecule has 20 heavy (non-hydrogen) atoms. The van der Waals surface area contributed by atoms with Gasteiger partial charge in [-0.15, -0.1) is 0 Å².